The molecule has 128 valence electrons. The van der Waals surface area contributed by atoms with Crippen molar-refractivity contribution in [1.82, 2.24) is 5.32 Å². The average molecular weight is 334 g/mol. The van der Waals surface area contributed by atoms with Crippen molar-refractivity contribution >= 4 is 5.91 Å². The number of hydrogen-bond donors (Lipinski definition) is 2. The monoisotopic (exact) mass is 334 g/mol. The van der Waals surface area contributed by atoms with Crippen molar-refractivity contribution in [3.8, 4) is 0 Å². The maximum absolute atomic E-state index is 13.0. The van der Waals surface area contributed by atoms with Crippen molar-refractivity contribution < 1.29 is 27.1 Å². The van der Waals surface area contributed by atoms with Crippen LogP contribution in [0.3, 0.4) is 0 Å². The fraction of sp³-hybridized carbons (Fsp3) is 0.533. The molecular weight excluding hydrogens is 316 g/mol. The summed E-state index contributed by atoms with van der Waals surface area (Å²) in [7, 11) is 0. The van der Waals surface area contributed by atoms with Crippen LogP contribution < -0.4 is 11.1 Å². The number of alkyl halides is 3. The molecule has 3 N–H and O–H groups in total. The van der Waals surface area contributed by atoms with Gasteiger partial charge in [0, 0.05) is 19.8 Å². The summed E-state index contributed by atoms with van der Waals surface area (Å²) >= 11 is 0. The van der Waals surface area contributed by atoms with Crippen LogP contribution in [0.15, 0.2) is 18.2 Å². The van der Waals surface area contributed by atoms with E-state index < -0.39 is 29.5 Å². The quantitative estimate of drug-likeness (QED) is 0.830. The Balaban J connectivity index is 2.01. The van der Waals surface area contributed by atoms with Gasteiger partial charge in [0.15, 0.2) is 0 Å². The first kappa shape index (κ1) is 17.7. The van der Waals surface area contributed by atoms with Gasteiger partial charge >= 0.3 is 6.18 Å². The number of nitrogens with one attached hydrogen (secondary N) is 1. The van der Waals surface area contributed by atoms with Crippen LogP contribution in [-0.4, -0.2) is 25.2 Å². The molecule has 0 bridgehead atoms. The van der Waals surface area contributed by atoms with E-state index in [0.717, 1.165) is 12.1 Å². The highest BCUT2D eigenvalue weighted by atomic mass is 19.4. The lowest BCUT2D eigenvalue weighted by Gasteiger charge is -2.26. The lowest BCUT2D eigenvalue weighted by molar-refractivity contribution is -0.138. The van der Waals surface area contributed by atoms with E-state index in [1.54, 1.807) is 0 Å². The predicted molar refractivity (Wildman–Crippen MR) is 74.8 cm³/mol. The number of nitrogens with two attached hydrogens (primary N) is 1. The van der Waals surface area contributed by atoms with Crippen molar-refractivity contribution in [2.45, 2.75) is 31.6 Å². The molecule has 0 spiro atoms. The fourth-order valence-corrected chi connectivity index (χ4v) is 2.56. The molecule has 23 heavy (non-hydrogen) atoms. The third-order valence-corrected chi connectivity index (χ3v) is 3.91. The second-order valence-corrected chi connectivity index (χ2v) is 5.49. The Kier molecular flexibility index (Phi) is 5.59. The molecule has 1 aromatic carbocycles. The minimum absolute atomic E-state index is 0.0564. The molecule has 0 saturated carbocycles. The van der Waals surface area contributed by atoms with E-state index >= 15 is 0 Å². The number of halogens is 4. The van der Waals surface area contributed by atoms with Crippen LogP contribution in [0.1, 0.15) is 24.0 Å². The summed E-state index contributed by atoms with van der Waals surface area (Å²) in [6.45, 7) is 0.675. The highest BCUT2D eigenvalue weighted by Gasteiger charge is 2.34. The van der Waals surface area contributed by atoms with Crippen LogP contribution in [0.5, 0.6) is 0 Å². The van der Waals surface area contributed by atoms with Crippen molar-refractivity contribution in [2.24, 2.45) is 11.7 Å². The van der Waals surface area contributed by atoms with E-state index in [4.69, 9.17) is 10.5 Å². The molecule has 1 heterocycles. The Morgan fingerprint density at radius 2 is 2.00 bits per heavy atom. The molecule has 1 aliphatic heterocycles. The molecule has 1 amide bonds. The van der Waals surface area contributed by atoms with Crippen LogP contribution in [0.4, 0.5) is 17.6 Å². The maximum Gasteiger partial charge on any atom is 0.416 e. The number of amides is 1. The van der Waals surface area contributed by atoms with Gasteiger partial charge in [0.05, 0.1) is 11.6 Å². The third-order valence-electron chi connectivity index (χ3n) is 3.91. The second-order valence-electron chi connectivity index (χ2n) is 5.49. The number of benzene rings is 1. The summed E-state index contributed by atoms with van der Waals surface area (Å²) in [4.78, 5) is 12.0. The number of hydrogen-bond acceptors (Lipinski definition) is 3. The van der Waals surface area contributed by atoms with Crippen LogP contribution in [0.25, 0.3) is 0 Å². The predicted octanol–water partition coefficient (Wildman–Crippen LogP) is 2.21. The molecule has 1 aliphatic rings. The summed E-state index contributed by atoms with van der Waals surface area (Å²) in [5.41, 5.74) is 4.55. The Hall–Kier alpha value is -1.67. The van der Waals surface area contributed by atoms with Gasteiger partial charge in [-0.15, -0.1) is 0 Å². The van der Waals surface area contributed by atoms with Gasteiger partial charge in [0.2, 0.25) is 5.91 Å². The number of carbonyl (C=O) groups is 1. The molecule has 0 aliphatic carbocycles. The molecule has 1 atom stereocenters. The van der Waals surface area contributed by atoms with Gasteiger partial charge in [-0.25, -0.2) is 4.39 Å². The smallest absolute Gasteiger partial charge is 0.381 e. The Morgan fingerprint density at radius 3 is 2.61 bits per heavy atom. The van der Waals surface area contributed by atoms with Gasteiger partial charge in [-0.3, -0.25) is 4.79 Å². The minimum Gasteiger partial charge on any atom is -0.381 e. The van der Waals surface area contributed by atoms with Crippen molar-refractivity contribution in [1.29, 1.82) is 0 Å². The van der Waals surface area contributed by atoms with E-state index in [9.17, 15) is 22.4 Å². The molecular formula is C15H18F4N2O2. The highest BCUT2D eigenvalue weighted by molar-refractivity contribution is 5.81. The number of ether oxygens (including phenoxy) is 1. The SMILES string of the molecule is NC(C(=O)NCc1ccc(F)cc1C(F)(F)F)C1CCOCC1. The molecule has 4 nitrogen and oxygen atoms in total. The molecule has 1 unspecified atom stereocenters. The summed E-state index contributed by atoms with van der Waals surface area (Å²) in [5, 5.41) is 2.40. The summed E-state index contributed by atoms with van der Waals surface area (Å²) in [6.07, 6.45) is -3.41. The number of carbonyl (C=O) groups excluding carboxylic acids is 1. The van der Waals surface area contributed by atoms with Crippen molar-refractivity contribution in [2.75, 3.05) is 13.2 Å². The molecule has 1 aromatic rings. The van der Waals surface area contributed by atoms with Crippen LogP contribution >= 0.6 is 0 Å². The minimum atomic E-state index is -4.69. The molecule has 2 rings (SSSR count). The molecule has 0 radical (unpaired) electrons. The summed E-state index contributed by atoms with van der Waals surface area (Å²) in [5.74, 6) is -1.56. The second kappa shape index (κ2) is 7.27. The zero-order valence-corrected chi connectivity index (χ0v) is 12.3. The fourth-order valence-electron chi connectivity index (χ4n) is 2.56. The zero-order chi connectivity index (χ0) is 17.0. The van der Waals surface area contributed by atoms with E-state index in [0.29, 0.717) is 32.1 Å². The van der Waals surface area contributed by atoms with Crippen molar-refractivity contribution in [3.63, 3.8) is 0 Å². The van der Waals surface area contributed by atoms with Gasteiger partial charge in [-0.2, -0.15) is 13.2 Å². The average Bonchev–Trinajstić information content (AvgIpc) is 2.52. The summed E-state index contributed by atoms with van der Waals surface area (Å²) in [6, 6.07) is 1.56. The number of rotatable bonds is 4. The van der Waals surface area contributed by atoms with Crippen LogP contribution in [0.2, 0.25) is 0 Å². The highest BCUT2D eigenvalue weighted by Crippen LogP contribution is 2.32. The molecule has 0 aromatic heterocycles. The van der Waals surface area contributed by atoms with Gasteiger partial charge in [0.25, 0.3) is 0 Å². The Labute approximate surface area is 131 Å². The third kappa shape index (κ3) is 4.65. The lowest BCUT2D eigenvalue weighted by Crippen LogP contribution is -2.47. The van der Waals surface area contributed by atoms with E-state index in [2.05, 4.69) is 5.32 Å². The largest absolute Gasteiger partial charge is 0.416 e. The molecule has 8 heteroatoms. The summed E-state index contributed by atoms with van der Waals surface area (Å²) < 4.78 is 56.9. The van der Waals surface area contributed by atoms with Gasteiger partial charge in [-0.05, 0) is 36.5 Å². The van der Waals surface area contributed by atoms with Crippen LogP contribution in [-0.2, 0) is 22.3 Å². The first-order valence-corrected chi connectivity index (χ1v) is 7.25. The Morgan fingerprint density at radius 1 is 1.35 bits per heavy atom. The zero-order valence-electron chi connectivity index (χ0n) is 12.3. The molecule has 1 saturated heterocycles. The maximum atomic E-state index is 13.0. The van der Waals surface area contributed by atoms with Crippen LogP contribution in [0, 0.1) is 11.7 Å². The van der Waals surface area contributed by atoms with Gasteiger partial charge in [-0.1, -0.05) is 6.07 Å². The standard InChI is InChI=1S/C15H18F4N2O2/c16-11-2-1-10(12(7-11)15(17,18)19)8-21-14(22)13(20)9-3-5-23-6-4-9/h1-2,7,9,13H,3-6,8,20H2,(H,21,22). The van der Waals surface area contributed by atoms with E-state index in [-0.39, 0.29) is 18.0 Å². The first-order chi connectivity index (χ1) is 10.8. The van der Waals surface area contributed by atoms with E-state index in [1.165, 1.54) is 0 Å². The topological polar surface area (TPSA) is 64.4 Å². The Bertz CT molecular complexity index is 557. The lowest BCUT2D eigenvalue weighted by atomic mass is 9.92. The normalized spacial score (nSPS) is 17.8. The van der Waals surface area contributed by atoms with Gasteiger partial charge in [0.1, 0.15) is 5.82 Å². The first-order valence-electron chi connectivity index (χ1n) is 7.25. The molecule has 1 fully saturated rings. The van der Waals surface area contributed by atoms with E-state index in [1.807, 2.05) is 0 Å². The van der Waals surface area contributed by atoms with Gasteiger partial charge < -0.3 is 15.8 Å². The van der Waals surface area contributed by atoms with Crippen molar-refractivity contribution in [3.05, 3.63) is 35.1 Å².